The summed E-state index contributed by atoms with van der Waals surface area (Å²) < 4.78 is 1.76. The summed E-state index contributed by atoms with van der Waals surface area (Å²) in [6, 6.07) is 14.6. The molecule has 20 heavy (non-hydrogen) atoms. The third kappa shape index (κ3) is 2.23. The van der Waals surface area contributed by atoms with Crippen LogP contribution in [0.1, 0.15) is 16.1 Å². The zero-order valence-corrected chi connectivity index (χ0v) is 12.1. The SMILES string of the molecule is Cc1nn(C)c(Sc2ccc3ccccc3c2)c1C=O. The van der Waals surface area contributed by atoms with Crippen LogP contribution < -0.4 is 0 Å². The predicted molar refractivity (Wildman–Crippen MR) is 81.4 cm³/mol. The Morgan fingerprint density at radius 2 is 1.90 bits per heavy atom. The summed E-state index contributed by atoms with van der Waals surface area (Å²) >= 11 is 1.57. The van der Waals surface area contributed by atoms with Crippen molar-refractivity contribution in [3.63, 3.8) is 0 Å². The zero-order chi connectivity index (χ0) is 14.1. The molecule has 0 saturated heterocycles. The Kier molecular flexibility index (Phi) is 3.32. The lowest BCUT2D eigenvalue weighted by Crippen LogP contribution is -1.93. The molecule has 2 aromatic carbocycles. The molecule has 0 N–H and O–H groups in total. The van der Waals surface area contributed by atoms with E-state index < -0.39 is 0 Å². The molecule has 0 aliphatic carbocycles. The first kappa shape index (κ1) is 12.9. The molecule has 0 saturated carbocycles. The maximum atomic E-state index is 11.2. The maximum absolute atomic E-state index is 11.2. The lowest BCUT2D eigenvalue weighted by atomic mass is 10.1. The standard InChI is InChI=1S/C16H14N2OS/c1-11-15(10-19)16(18(2)17-11)20-14-8-7-12-5-3-4-6-13(12)9-14/h3-10H,1-2H3. The second kappa shape index (κ2) is 5.13. The van der Waals surface area contributed by atoms with Gasteiger partial charge in [0.05, 0.1) is 11.3 Å². The first-order valence-electron chi connectivity index (χ1n) is 6.34. The van der Waals surface area contributed by atoms with Crippen LogP contribution in [-0.2, 0) is 7.05 Å². The Bertz CT molecular complexity index is 792. The van der Waals surface area contributed by atoms with Gasteiger partial charge in [0.1, 0.15) is 5.03 Å². The van der Waals surface area contributed by atoms with Crippen LogP contribution in [0.4, 0.5) is 0 Å². The minimum Gasteiger partial charge on any atom is -0.298 e. The molecule has 3 nitrogen and oxygen atoms in total. The molecule has 100 valence electrons. The summed E-state index contributed by atoms with van der Waals surface area (Å²) in [6.07, 6.45) is 0.881. The highest BCUT2D eigenvalue weighted by atomic mass is 32.2. The fourth-order valence-electron chi connectivity index (χ4n) is 2.25. The Labute approximate surface area is 121 Å². The number of carbonyl (C=O) groups excluding carboxylic acids is 1. The maximum Gasteiger partial charge on any atom is 0.154 e. The van der Waals surface area contributed by atoms with E-state index in [1.165, 1.54) is 10.8 Å². The summed E-state index contributed by atoms with van der Waals surface area (Å²) in [4.78, 5) is 12.3. The van der Waals surface area contributed by atoms with Gasteiger partial charge >= 0.3 is 0 Å². The summed E-state index contributed by atoms with van der Waals surface area (Å²) in [7, 11) is 1.86. The molecule has 1 heterocycles. The number of aromatic nitrogens is 2. The van der Waals surface area contributed by atoms with Crippen LogP contribution in [0, 0.1) is 6.92 Å². The fourth-order valence-corrected chi connectivity index (χ4v) is 3.28. The van der Waals surface area contributed by atoms with Crippen LogP contribution in [0.2, 0.25) is 0 Å². The van der Waals surface area contributed by atoms with Crippen molar-refractivity contribution >= 4 is 28.8 Å². The van der Waals surface area contributed by atoms with Crippen LogP contribution in [0.5, 0.6) is 0 Å². The van der Waals surface area contributed by atoms with Crippen molar-refractivity contribution in [3.8, 4) is 0 Å². The number of hydrogen-bond donors (Lipinski definition) is 0. The Morgan fingerprint density at radius 3 is 2.65 bits per heavy atom. The van der Waals surface area contributed by atoms with E-state index in [4.69, 9.17) is 0 Å². The smallest absolute Gasteiger partial charge is 0.154 e. The number of benzene rings is 2. The van der Waals surface area contributed by atoms with E-state index in [9.17, 15) is 4.79 Å². The zero-order valence-electron chi connectivity index (χ0n) is 11.3. The van der Waals surface area contributed by atoms with Crippen LogP contribution in [0.3, 0.4) is 0 Å². The van der Waals surface area contributed by atoms with E-state index in [0.29, 0.717) is 5.56 Å². The minimum atomic E-state index is 0.672. The molecule has 0 aliphatic heterocycles. The van der Waals surface area contributed by atoms with E-state index in [2.05, 4.69) is 35.4 Å². The lowest BCUT2D eigenvalue weighted by Gasteiger charge is -2.05. The third-order valence-electron chi connectivity index (χ3n) is 3.27. The number of nitrogens with zero attached hydrogens (tertiary/aromatic N) is 2. The Hall–Kier alpha value is -2.07. The topological polar surface area (TPSA) is 34.9 Å². The molecular weight excluding hydrogens is 268 g/mol. The molecule has 3 aromatic rings. The molecular formula is C16H14N2OS. The number of aryl methyl sites for hydroxylation is 2. The van der Waals surface area contributed by atoms with Crippen molar-refractivity contribution < 1.29 is 4.79 Å². The van der Waals surface area contributed by atoms with Gasteiger partial charge in [-0.2, -0.15) is 5.10 Å². The Balaban J connectivity index is 2.03. The molecule has 0 atom stereocenters. The summed E-state index contributed by atoms with van der Waals surface area (Å²) in [5.74, 6) is 0. The van der Waals surface area contributed by atoms with Gasteiger partial charge in [-0.25, -0.2) is 0 Å². The van der Waals surface area contributed by atoms with Crippen molar-refractivity contribution in [1.29, 1.82) is 0 Å². The average molecular weight is 282 g/mol. The second-order valence-electron chi connectivity index (χ2n) is 4.66. The van der Waals surface area contributed by atoms with Crippen molar-refractivity contribution in [2.24, 2.45) is 7.05 Å². The van der Waals surface area contributed by atoms with Gasteiger partial charge in [-0.1, -0.05) is 42.1 Å². The quantitative estimate of drug-likeness (QED) is 0.684. The Morgan fingerprint density at radius 1 is 1.15 bits per heavy atom. The summed E-state index contributed by atoms with van der Waals surface area (Å²) in [5, 5.41) is 7.60. The van der Waals surface area contributed by atoms with Gasteiger partial charge in [-0.15, -0.1) is 0 Å². The van der Waals surface area contributed by atoms with Crippen molar-refractivity contribution in [1.82, 2.24) is 9.78 Å². The van der Waals surface area contributed by atoms with E-state index >= 15 is 0 Å². The largest absolute Gasteiger partial charge is 0.298 e. The van der Waals surface area contributed by atoms with Gasteiger partial charge in [-0.3, -0.25) is 9.48 Å². The van der Waals surface area contributed by atoms with E-state index in [1.54, 1.807) is 16.4 Å². The molecule has 0 bridgehead atoms. The number of aldehydes is 1. The number of carbonyl (C=O) groups is 1. The summed E-state index contributed by atoms with van der Waals surface area (Å²) in [6.45, 7) is 1.86. The van der Waals surface area contributed by atoms with Crippen molar-refractivity contribution in [3.05, 3.63) is 53.7 Å². The monoisotopic (exact) mass is 282 g/mol. The minimum absolute atomic E-state index is 0.672. The molecule has 3 rings (SSSR count). The second-order valence-corrected chi connectivity index (χ2v) is 5.72. The van der Waals surface area contributed by atoms with Crippen LogP contribution in [0.25, 0.3) is 10.8 Å². The molecule has 0 spiro atoms. The normalized spacial score (nSPS) is 10.9. The fraction of sp³-hybridized carbons (Fsp3) is 0.125. The molecule has 0 unspecified atom stereocenters. The van der Waals surface area contributed by atoms with Crippen molar-refractivity contribution in [2.45, 2.75) is 16.8 Å². The van der Waals surface area contributed by atoms with Gasteiger partial charge in [0.15, 0.2) is 6.29 Å². The number of rotatable bonds is 3. The van der Waals surface area contributed by atoms with E-state index in [0.717, 1.165) is 21.9 Å². The van der Waals surface area contributed by atoms with Gasteiger partial charge in [-0.05, 0) is 29.8 Å². The van der Waals surface area contributed by atoms with Crippen LogP contribution in [-0.4, -0.2) is 16.1 Å². The first-order valence-corrected chi connectivity index (χ1v) is 7.16. The van der Waals surface area contributed by atoms with Gasteiger partial charge < -0.3 is 0 Å². The highest BCUT2D eigenvalue weighted by molar-refractivity contribution is 7.99. The molecule has 0 amide bonds. The van der Waals surface area contributed by atoms with Crippen LogP contribution in [0.15, 0.2) is 52.4 Å². The first-order chi connectivity index (χ1) is 9.69. The highest BCUT2D eigenvalue weighted by Gasteiger charge is 2.13. The number of hydrogen-bond acceptors (Lipinski definition) is 3. The van der Waals surface area contributed by atoms with Gasteiger partial charge in [0, 0.05) is 11.9 Å². The summed E-state index contributed by atoms with van der Waals surface area (Å²) in [5.41, 5.74) is 1.44. The molecule has 0 radical (unpaired) electrons. The van der Waals surface area contributed by atoms with E-state index in [1.807, 2.05) is 26.1 Å². The highest BCUT2D eigenvalue weighted by Crippen LogP contribution is 2.32. The van der Waals surface area contributed by atoms with Crippen molar-refractivity contribution in [2.75, 3.05) is 0 Å². The van der Waals surface area contributed by atoms with Crippen LogP contribution >= 0.6 is 11.8 Å². The van der Waals surface area contributed by atoms with E-state index in [-0.39, 0.29) is 0 Å². The molecule has 1 aromatic heterocycles. The third-order valence-corrected chi connectivity index (χ3v) is 4.43. The molecule has 0 fully saturated rings. The number of fused-ring (bicyclic) bond motifs is 1. The van der Waals surface area contributed by atoms with Gasteiger partial charge in [0.2, 0.25) is 0 Å². The van der Waals surface area contributed by atoms with Gasteiger partial charge in [0.25, 0.3) is 0 Å². The molecule has 4 heteroatoms. The average Bonchev–Trinajstić information content (AvgIpc) is 2.72. The molecule has 0 aliphatic rings. The lowest BCUT2D eigenvalue weighted by molar-refractivity contribution is 0.112. The predicted octanol–water partition coefficient (Wildman–Crippen LogP) is 3.85.